The predicted molar refractivity (Wildman–Crippen MR) is 88.0 cm³/mol. The fourth-order valence-electron chi connectivity index (χ4n) is 2.70. The van der Waals surface area contributed by atoms with E-state index in [0.29, 0.717) is 24.5 Å². The highest BCUT2D eigenvalue weighted by molar-refractivity contribution is 5.95. The van der Waals surface area contributed by atoms with Crippen LogP contribution in [-0.2, 0) is 11.2 Å². The molecule has 5 nitrogen and oxygen atoms in total. The number of aromatic nitrogens is 1. The van der Waals surface area contributed by atoms with Crippen molar-refractivity contribution in [3.63, 3.8) is 0 Å². The summed E-state index contributed by atoms with van der Waals surface area (Å²) in [4.78, 5) is 17.7. The molecule has 1 aliphatic heterocycles. The lowest BCUT2D eigenvalue weighted by molar-refractivity contribution is -0.117. The maximum atomic E-state index is 11.9. The van der Waals surface area contributed by atoms with E-state index in [2.05, 4.69) is 4.98 Å². The Bertz CT molecular complexity index is 673. The third-order valence-corrected chi connectivity index (χ3v) is 3.93. The molecule has 1 aliphatic rings. The molecule has 1 aromatic heterocycles. The minimum absolute atomic E-state index is 0.165. The van der Waals surface area contributed by atoms with Gasteiger partial charge in [0.25, 0.3) is 0 Å². The number of amides is 1. The SMILES string of the molecule is COc1ccc(N2CCCC2=O)cc1OCCc1ccncc1. The van der Waals surface area contributed by atoms with Crippen LogP contribution in [0.3, 0.4) is 0 Å². The first-order valence-electron chi connectivity index (χ1n) is 7.78. The Morgan fingerprint density at radius 3 is 2.70 bits per heavy atom. The number of rotatable bonds is 6. The summed E-state index contributed by atoms with van der Waals surface area (Å²) in [5.74, 6) is 1.51. The van der Waals surface area contributed by atoms with Gasteiger partial charge in [-0.3, -0.25) is 9.78 Å². The molecule has 0 N–H and O–H groups in total. The van der Waals surface area contributed by atoms with E-state index in [9.17, 15) is 4.79 Å². The molecule has 0 atom stereocenters. The van der Waals surface area contributed by atoms with Gasteiger partial charge in [0.1, 0.15) is 0 Å². The number of nitrogens with zero attached hydrogens (tertiary/aromatic N) is 2. The molecular weight excluding hydrogens is 292 g/mol. The highest BCUT2D eigenvalue weighted by Crippen LogP contribution is 2.33. The summed E-state index contributed by atoms with van der Waals surface area (Å²) in [6.45, 7) is 1.30. The van der Waals surface area contributed by atoms with Crippen molar-refractivity contribution in [2.24, 2.45) is 0 Å². The summed E-state index contributed by atoms with van der Waals surface area (Å²) in [5, 5.41) is 0. The van der Waals surface area contributed by atoms with Crippen LogP contribution in [0.15, 0.2) is 42.7 Å². The lowest BCUT2D eigenvalue weighted by Crippen LogP contribution is -2.23. The average Bonchev–Trinajstić information content (AvgIpc) is 3.02. The minimum Gasteiger partial charge on any atom is -0.493 e. The van der Waals surface area contributed by atoms with Crippen molar-refractivity contribution < 1.29 is 14.3 Å². The Labute approximate surface area is 135 Å². The zero-order chi connectivity index (χ0) is 16.1. The van der Waals surface area contributed by atoms with Gasteiger partial charge in [-0.05, 0) is 36.2 Å². The van der Waals surface area contributed by atoms with Crippen molar-refractivity contribution in [2.45, 2.75) is 19.3 Å². The van der Waals surface area contributed by atoms with E-state index < -0.39 is 0 Å². The maximum absolute atomic E-state index is 11.9. The van der Waals surface area contributed by atoms with E-state index >= 15 is 0 Å². The Balaban J connectivity index is 1.70. The van der Waals surface area contributed by atoms with Crippen molar-refractivity contribution in [1.82, 2.24) is 4.98 Å². The van der Waals surface area contributed by atoms with Gasteiger partial charge >= 0.3 is 0 Å². The average molecular weight is 312 g/mol. The van der Waals surface area contributed by atoms with Crippen LogP contribution >= 0.6 is 0 Å². The Morgan fingerprint density at radius 2 is 2.00 bits per heavy atom. The normalized spacial score (nSPS) is 14.1. The summed E-state index contributed by atoms with van der Waals surface area (Å²) in [5.41, 5.74) is 2.04. The highest BCUT2D eigenvalue weighted by atomic mass is 16.5. The zero-order valence-electron chi connectivity index (χ0n) is 13.2. The largest absolute Gasteiger partial charge is 0.493 e. The van der Waals surface area contributed by atoms with Gasteiger partial charge in [0.05, 0.1) is 13.7 Å². The van der Waals surface area contributed by atoms with E-state index in [1.807, 2.05) is 30.3 Å². The van der Waals surface area contributed by atoms with Crippen LogP contribution in [-0.4, -0.2) is 31.2 Å². The van der Waals surface area contributed by atoms with Crippen LogP contribution in [0.5, 0.6) is 11.5 Å². The monoisotopic (exact) mass is 312 g/mol. The van der Waals surface area contributed by atoms with Crippen LogP contribution in [0.2, 0.25) is 0 Å². The van der Waals surface area contributed by atoms with Gasteiger partial charge in [-0.1, -0.05) is 0 Å². The molecule has 0 saturated carbocycles. The molecule has 0 radical (unpaired) electrons. The number of pyridine rings is 1. The second-order valence-corrected chi connectivity index (χ2v) is 5.44. The molecule has 2 aromatic rings. The van der Waals surface area contributed by atoms with Gasteiger partial charge in [-0.2, -0.15) is 0 Å². The third-order valence-electron chi connectivity index (χ3n) is 3.93. The zero-order valence-corrected chi connectivity index (χ0v) is 13.2. The van der Waals surface area contributed by atoms with Crippen LogP contribution < -0.4 is 14.4 Å². The molecule has 5 heteroatoms. The molecular formula is C18H20N2O3. The standard InChI is InChI=1S/C18H20N2O3/c1-22-16-5-4-15(20-11-2-3-18(20)21)13-17(16)23-12-8-14-6-9-19-10-7-14/h4-7,9-10,13H,2-3,8,11-12H2,1H3. The van der Waals surface area contributed by atoms with Crippen LogP contribution in [0, 0.1) is 0 Å². The Kier molecular flexibility index (Phi) is 4.76. The van der Waals surface area contributed by atoms with E-state index in [1.165, 1.54) is 5.56 Å². The number of benzene rings is 1. The number of ether oxygens (including phenoxy) is 2. The molecule has 1 amide bonds. The molecule has 23 heavy (non-hydrogen) atoms. The summed E-state index contributed by atoms with van der Waals surface area (Å²) >= 11 is 0. The van der Waals surface area contributed by atoms with Crippen molar-refractivity contribution >= 4 is 11.6 Å². The quantitative estimate of drug-likeness (QED) is 0.823. The minimum atomic E-state index is 0.165. The Hall–Kier alpha value is -2.56. The molecule has 0 unspecified atom stereocenters. The molecule has 2 heterocycles. The van der Waals surface area contributed by atoms with Crippen molar-refractivity contribution in [1.29, 1.82) is 0 Å². The summed E-state index contributed by atoms with van der Waals surface area (Å²) in [6, 6.07) is 9.58. The second-order valence-electron chi connectivity index (χ2n) is 5.44. The smallest absolute Gasteiger partial charge is 0.227 e. The van der Waals surface area contributed by atoms with E-state index in [0.717, 1.165) is 25.1 Å². The molecule has 120 valence electrons. The summed E-state index contributed by atoms with van der Waals surface area (Å²) in [6.07, 6.45) is 5.86. The Morgan fingerprint density at radius 1 is 1.17 bits per heavy atom. The van der Waals surface area contributed by atoms with Crippen molar-refractivity contribution in [2.75, 3.05) is 25.2 Å². The lowest BCUT2D eigenvalue weighted by Gasteiger charge is -2.18. The lowest BCUT2D eigenvalue weighted by atomic mass is 10.2. The third kappa shape index (κ3) is 3.62. The molecule has 1 saturated heterocycles. The van der Waals surface area contributed by atoms with E-state index in [4.69, 9.17) is 9.47 Å². The maximum Gasteiger partial charge on any atom is 0.227 e. The number of methoxy groups -OCH3 is 1. The number of carbonyl (C=O) groups is 1. The van der Waals surface area contributed by atoms with Gasteiger partial charge in [-0.15, -0.1) is 0 Å². The first-order chi connectivity index (χ1) is 11.3. The fourth-order valence-corrected chi connectivity index (χ4v) is 2.70. The van der Waals surface area contributed by atoms with E-state index in [1.54, 1.807) is 24.4 Å². The number of hydrogen-bond donors (Lipinski definition) is 0. The van der Waals surface area contributed by atoms with Crippen LogP contribution in [0.1, 0.15) is 18.4 Å². The van der Waals surface area contributed by atoms with Gasteiger partial charge in [-0.25, -0.2) is 0 Å². The predicted octanol–water partition coefficient (Wildman–Crippen LogP) is 2.84. The fraction of sp³-hybridized carbons (Fsp3) is 0.333. The van der Waals surface area contributed by atoms with Crippen molar-refractivity contribution in [3.05, 3.63) is 48.3 Å². The molecule has 1 aromatic carbocycles. The van der Waals surface area contributed by atoms with Gasteiger partial charge in [0.2, 0.25) is 5.91 Å². The first-order valence-corrected chi connectivity index (χ1v) is 7.78. The number of hydrogen-bond acceptors (Lipinski definition) is 4. The molecule has 0 bridgehead atoms. The highest BCUT2D eigenvalue weighted by Gasteiger charge is 2.22. The molecule has 0 spiro atoms. The molecule has 1 fully saturated rings. The van der Waals surface area contributed by atoms with Crippen LogP contribution in [0.4, 0.5) is 5.69 Å². The molecule has 0 aliphatic carbocycles. The van der Waals surface area contributed by atoms with Crippen molar-refractivity contribution in [3.8, 4) is 11.5 Å². The number of carbonyl (C=O) groups excluding carboxylic acids is 1. The van der Waals surface area contributed by atoms with Gasteiger partial charge < -0.3 is 14.4 Å². The van der Waals surface area contributed by atoms with Crippen LogP contribution in [0.25, 0.3) is 0 Å². The van der Waals surface area contributed by atoms with Gasteiger partial charge in [0, 0.05) is 43.5 Å². The second kappa shape index (κ2) is 7.13. The topological polar surface area (TPSA) is 51.7 Å². The molecule has 3 rings (SSSR count). The summed E-state index contributed by atoms with van der Waals surface area (Å²) in [7, 11) is 1.62. The summed E-state index contributed by atoms with van der Waals surface area (Å²) < 4.78 is 11.2. The van der Waals surface area contributed by atoms with E-state index in [-0.39, 0.29) is 5.91 Å². The first kappa shape index (κ1) is 15.3. The number of anilines is 1. The van der Waals surface area contributed by atoms with Gasteiger partial charge in [0.15, 0.2) is 11.5 Å².